The second-order valence-electron chi connectivity index (χ2n) is 4.66. The summed E-state index contributed by atoms with van der Waals surface area (Å²) in [5.41, 5.74) is 4.59. The maximum Gasteiger partial charge on any atom is 0.261 e. The number of hydrogen-bond donors (Lipinski definition) is 1. The number of carbonyl (C=O) groups excluding carboxylic acids is 1. The molecule has 0 unspecified atom stereocenters. The number of methoxy groups -OCH3 is 2. The van der Waals surface area contributed by atoms with Crippen molar-refractivity contribution in [3.8, 4) is 17.2 Å². The first-order valence-electron chi connectivity index (χ1n) is 6.33. The van der Waals surface area contributed by atoms with Crippen molar-refractivity contribution in [1.29, 1.82) is 0 Å². The fraction of sp³-hybridized carbons (Fsp3) is 0.500. The molecule has 1 aromatic rings. The third kappa shape index (κ3) is 2.45. The van der Waals surface area contributed by atoms with E-state index in [1.54, 1.807) is 25.3 Å². The summed E-state index contributed by atoms with van der Waals surface area (Å²) in [5, 5.41) is 0. The van der Waals surface area contributed by atoms with Gasteiger partial charge in [0.1, 0.15) is 0 Å². The number of para-hydroxylation sites is 1. The Labute approximate surface area is 112 Å². The Morgan fingerprint density at radius 2 is 1.79 bits per heavy atom. The SMILES string of the molecule is COc1cccc(OC2(C(N)=O)CCCC2)c1OC. The molecule has 0 aromatic heterocycles. The lowest BCUT2D eigenvalue weighted by atomic mass is 10.0. The standard InChI is InChI=1S/C14H19NO4/c1-17-10-6-5-7-11(12(10)18-2)19-14(13(15)16)8-3-4-9-14/h5-7H,3-4,8-9H2,1-2H3,(H2,15,16). The normalized spacial score (nSPS) is 16.9. The van der Waals surface area contributed by atoms with Gasteiger partial charge in [-0.25, -0.2) is 0 Å². The van der Waals surface area contributed by atoms with Crippen LogP contribution >= 0.6 is 0 Å². The summed E-state index contributed by atoms with van der Waals surface area (Å²) in [4.78, 5) is 11.7. The summed E-state index contributed by atoms with van der Waals surface area (Å²) in [6.07, 6.45) is 3.16. The van der Waals surface area contributed by atoms with Gasteiger partial charge in [0.25, 0.3) is 5.91 Å². The molecule has 0 bridgehead atoms. The molecule has 2 rings (SSSR count). The Morgan fingerprint density at radius 3 is 2.32 bits per heavy atom. The molecule has 1 saturated carbocycles. The van der Waals surface area contributed by atoms with Crippen LogP contribution in [0.15, 0.2) is 18.2 Å². The summed E-state index contributed by atoms with van der Waals surface area (Å²) < 4.78 is 16.4. The van der Waals surface area contributed by atoms with Gasteiger partial charge in [-0.3, -0.25) is 4.79 Å². The minimum Gasteiger partial charge on any atom is -0.493 e. The molecule has 0 radical (unpaired) electrons. The maximum atomic E-state index is 11.7. The van der Waals surface area contributed by atoms with Crippen LogP contribution in [-0.4, -0.2) is 25.7 Å². The molecule has 1 aliphatic carbocycles. The summed E-state index contributed by atoms with van der Waals surface area (Å²) in [6, 6.07) is 5.32. The van der Waals surface area contributed by atoms with Crippen molar-refractivity contribution in [3.05, 3.63) is 18.2 Å². The average molecular weight is 265 g/mol. The van der Waals surface area contributed by atoms with Gasteiger partial charge in [0.2, 0.25) is 5.75 Å². The number of carbonyl (C=O) groups is 1. The van der Waals surface area contributed by atoms with Crippen LogP contribution in [0.4, 0.5) is 0 Å². The highest BCUT2D eigenvalue weighted by Crippen LogP contribution is 2.42. The smallest absolute Gasteiger partial charge is 0.261 e. The lowest BCUT2D eigenvalue weighted by molar-refractivity contribution is -0.133. The Kier molecular flexibility index (Phi) is 3.83. The molecule has 5 nitrogen and oxygen atoms in total. The van der Waals surface area contributed by atoms with E-state index in [0.29, 0.717) is 30.1 Å². The lowest BCUT2D eigenvalue weighted by Crippen LogP contribution is -2.46. The lowest BCUT2D eigenvalue weighted by Gasteiger charge is -2.27. The van der Waals surface area contributed by atoms with E-state index in [9.17, 15) is 4.79 Å². The van der Waals surface area contributed by atoms with Crippen LogP contribution < -0.4 is 19.9 Å². The second-order valence-corrected chi connectivity index (χ2v) is 4.66. The Morgan fingerprint density at radius 1 is 1.16 bits per heavy atom. The van der Waals surface area contributed by atoms with Gasteiger partial charge in [0, 0.05) is 0 Å². The number of hydrogen-bond acceptors (Lipinski definition) is 4. The zero-order chi connectivity index (χ0) is 13.9. The third-order valence-electron chi connectivity index (χ3n) is 3.53. The van der Waals surface area contributed by atoms with Crippen molar-refractivity contribution in [2.75, 3.05) is 14.2 Å². The first-order valence-corrected chi connectivity index (χ1v) is 6.33. The first-order chi connectivity index (χ1) is 9.13. The van der Waals surface area contributed by atoms with Crippen molar-refractivity contribution >= 4 is 5.91 Å². The Hall–Kier alpha value is -1.91. The Bertz CT molecular complexity index is 467. The van der Waals surface area contributed by atoms with Crippen molar-refractivity contribution in [1.82, 2.24) is 0 Å². The summed E-state index contributed by atoms with van der Waals surface area (Å²) in [6.45, 7) is 0. The first kappa shape index (κ1) is 13.5. The number of rotatable bonds is 5. The zero-order valence-corrected chi connectivity index (χ0v) is 11.3. The summed E-state index contributed by atoms with van der Waals surface area (Å²) in [7, 11) is 3.09. The van der Waals surface area contributed by atoms with E-state index < -0.39 is 11.5 Å². The van der Waals surface area contributed by atoms with Gasteiger partial charge in [-0.1, -0.05) is 6.07 Å². The fourth-order valence-electron chi connectivity index (χ4n) is 2.49. The van der Waals surface area contributed by atoms with Crippen molar-refractivity contribution < 1.29 is 19.0 Å². The summed E-state index contributed by atoms with van der Waals surface area (Å²) >= 11 is 0. The van der Waals surface area contributed by atoms with Gasteiger partial charge < -0.3 is 19.9 Å². The number of ether oxygens (including phenoxy) is 3. The molecule has 1 aliphatic rings. The number of amides is 1. The highest BCUT2D eigenvalue weighted by atomic mass is 16.5. The monoisotopic (exact) mass is 265 g/mol. The van der Waals surface area contributed by atoms with Crippen LogP contribution in [0, 0.1) is 0 Å². The van der Waals surface area contributed by atoms with Crippen molar-refractivity contribution in [3.63, 3.8) is 0 Å². The summed E-state index contributed by atoms with van der Waals surface area (Å²) in [5.74, 6) is 1.12. The molecule has 1 amide bonds. The predicted octanol–water partition coefficient (Wildman–Crippen LogP) is 1.88. The molecule has 0 aliphatic heterocycles. The van der Waals surface area contributed by atoms with E-state index in [1.165, 1.54) is 7.11 Å². The molecule has 2 N–H and O–H groups in total. The fourth-order valence-corrected chi connectivity index (χ4v) is 2.49. The van der Waals surface area contributed by atoms with E-state index in [-0.39, 0.29) is 0 Å². The van der Waals surface area contributed by atoms with Crippen LogP contribution in [-0.2, 0) is 4.79 Å². The van der Waals surface area contributed by atoms with Gasteiger partial charge in [-0.15, -0.1) is 0 Å². The molecular weight excluding hydrogens is 246 g/mol. The molecule has 1 fully saturated rings. The van der Waals surface area contributed by atoms with Gasteiger partial charge in [0.05, 0.1) is 14.2 Å². The van der Waals surface area contributed by atoms with E-state index in [1.807, 2.05) is 0 Å². The molecule has 0 atom stereocenters. The zero-order valence-electron chi connectivity index (χ0n) is 11.3. The predicted molar refractivity (Wildman–Crippen MR) is 70.6 cm³/mol. The Balaban J connectivity index is 2.34. The van der Waals surface area contributed by atoms with Crippen LogP contribution in [0.3, 0.4) is 0 Å². The molecule has 19 heavy (non-hydrogen) atoms. The number of primary amides is 1. The van der Waals surface area contributed by atoms with Crippen LogP contribution in [0.1, 0.15) is 25.7 Å². The van der Waals surface area contributed by atoms with Crippen LogP contribution in [0.5, 0.6) is 17.2 Å². The van der Waals surface area contributed by atoms with E-state index in [4.69, 9.17) is 19.9 Å². The number of benzene rings is 1. The van der Waals surface area contributed by atoms with Crippen LogP contribution in [0.2, 0.25) is 0 Å². The molecule has 1 aromatic carbocycles. The maximum absolute atomic E-state index is 11.7. The molecule has 5 heteroatoms. The minimum atomic E-state index is -0.917. The van der Waals surface area contributed by atoms with Crippen LogP contribution in [0.25, 0.3) is 0 Å². The van der Waals surface area contributed by atoms with Crippen molar-refractivity contribution in [2.45, 2.75) is 31.3 Å². The van der Waals surface area contributed by atoms with Crippen molar-refractivity contribution in [2.24, 2.45) is 5.73 Å². The third-order valence-corrected chi connectivity index (χ3v) is 3.53. The molecule has 104 valence electrons. The topological polar surface area (TPSA) is 70.8 Å². The quantitative estimate of drug-likeness (QED) is 0.882. The van der Waals surface area contributed by atoms with Gasteiger partial charge >= 0.3 is 0 Å². The molecular formula is C14H19NO4. The van der Waals surface area contributed by atoms with Gasteiger partial charge in [0.15, 0.2) is 17.1 Å². The second kappa shape index (κ2) is 5.38. The van der Waals surface area contributed by atoms with E-state index in [0.717, 1.165) is 12.8 Å². The highest BCUT2D eigenvalue weighted by Gasteiger charge is 2.42. The minimum absolute atomic E-state index is 0.421. The largest absolute Gasteiger partial charge is 0.493 e. The molecule has 0 spiro atoms. The van der Waals surface area contributed by atoms with E-state index in [2.05, 4.69) is 0 Å². The highest BCUT2D eigenvalue weighted by molar-refractivity contribution is 5.84. The van der Waals surface area contributed by atoms with Gasteiger partial charge in [-0.2, -0.15) is 0 Å². The molecule has 0 heterocycles. The van der Waals surface area contributed by atoms with E-state index >= 15 is 0 Å². The average Bonchev–Trinajstić information content (AvgIpc) is 2.88. The van der Waals surface area contributed by atoms with Gasteiger partial charge in [-0.05, 0) is 37.8 Å². The number of nitrogens with two attached hydrogens (primary N) is 1. The molecule has 0 saturated heterocycles.